The number of aromatic nitrogens is 2. The van der Waals surface area contributed by atoms with Crippen molar-refractivity contribution in [3.05, 3.63) is 58.7 Å². The predicted molar refractivity (Wildman–Crippen MR) is 137 cm³/mol. The fourth-order valence-electron chi connectivity index (χ4n) is 3.97. The van der Waals surface area contributed by atoms with Gasteiger partial charge < -0.3 is 25.1 Å². The van der Waals surface area contributed by atoms with Crippen molar-refractivity contribution in [1.29, 1.82) is 0 Å². The van der Waals surface area contributed by atoms with Gasteiger partial charge in [-0.25, -0.2) is 4.79 Å². The smallest absolute Gasteiger partial charge is 0.353 e. The maximum atomic E-state index is 12.9. The topological polar surface area (TPSA) is 126 Å². The lowest BCUT2D eigenvalue weighted by molar-refractivity contribution is -0.155. The lowest BCUT2D eigenvalue weighted by atomic mass is 10.1. The van der Waals surface area contributed by atoms with E-state index in [1.165, 1.54) is 29.0 Å². The zero-order valence-electron chi connectivity index (χ0n) is 21.3. The predicted octanol–water partition coefficient (Wildman–Crippen LogP) is 3.59. The molecule has 4 atom stereocenters. The van der Waals surface area contributed by atoms with Crippen molar-refractivity contribution in [2.24, 2.45) is 11.7 Å². The van der Waals surface area contributed by atoms with Gasteiger partial charge in [-0.1, -0.05) is 58.4 Å². The molecule has 1 fully saturated rings. The highest BCUT2D eigenvalue weighted by Crippen LogP contribution is 2.32. The van der Waals surface area contributed by atoms with Crippen molar-refractivity contribution in [1.82, 2.24) is 9.55 Å². The molecule has 1 aliphatic heterocycles. The van der Waals surface area contributed by atoms with Crippen LogP contribution in [0.5, 0.6) is 11.6 Å². The summed E-state index contributed by atoms with van der Waals surface area (Å²) in [7, 11) is 0. The molecule has 0 saturated carbocycles. The number of aryl methyl sites for hydroxylation is 1. The number of unbranched alkanes of at least 4 members (excludes halogenated alkanes) is 2. The number of hydrogen-bond donors (Lipinski definition) is 2. The number of nitrogens with two attached hydrogens (primary N) is 1. The first kappa shape index (κ1) is 27.6. The lowest BCUT2D eigenvalue weighted by Crippen LogP contribution is -2.41. The Hall–Kier alpha value is -3.01. The molecule has 1 aliphatic rings. The third kappa shape index (κ3) is 6.81. The first-order valence-corrected chi connectivity index (χ1v) is 12.5. The van der Waals surface area contributed by atoms with E-state index in [0.29, 0.717) is 11.3 Å². The van der Waals surface area contributed by atoms with E-state index in [9.17, 15) is 14.7 Å². The number of carbonyl (C=O) groups excluding carboxylic acids is 1. The molecule has 0 radical (unpaired) electrons. The van der Waals surface area contributed by atoms with Gasteiger partial charge in [-0.3, -0.25) is 9.36 Å². The van der Waals surface area contributed by atoms with Gasteiger partial charge in [0.05, 0.1) is 12.2 Å². The van der Waals surface area contributed by atoms with Crippen LogP contribution < -0.4 is 16.2 Å². The number of carbonyl (C=O) groups is 1. The molecule has 1 aromatic heterocycles. The number of esters is 1. The number of ether oxygens (including phenoxy) is 3. The van der Waals surface area contributed by atoms with Crippen LogP contribution in [0, 0.1) is 5.92 Å². The number of aliphatic hydroxyl groups excluding tert-OH is 1. The van der Waals surface area contributed by atoms with E-state index in [1.807, 2.05) is 38.1 Å². The van der Waals surface area contributed by atoms with E-state index in [2.05, 4.69) is 18.5 Å². The third-order valence-corrected chi connectivity index (χ3v) is 6.30. The molecule has 0 spiro atoms. The first-order valence-electron chi connectivity index (χ1n) is 12.5. The fourth-order valence-corrected chi connectivity index (χ4v) is 3.97. The van der Waals surface area contributed by atoms with Gasteiger partial charge in [0, 0.05) is 12.6 Å². The van der Waals surface area contributed by atoms with Crippen LogP contribution in [0.4, 0.5) is 0 Å². The van der Waals surface area contributed by atoms with Gasteiger partial charge in [-0.05, 0) is 36.5 Å². The molecule has 9 nitrogen and oxygen atoms in total. The Balaban J connectivity index is 1.74. The number of rotatable bonds is 12. The number of hydrogen-bond acceptors (Lipinski definition) is 8. The molecule has 0 aliphatic carbocycles. The highest BCUT2D eigenvalue weighted by Gasteiger charge is 2.40. The molecule has 9 heteroatoms. The summed E-state index contributed by atoms with van der Waals surface area (Å²) < 4.78 is 18.5. The molecule has 2 heterocycles. The molecular formula is C27H37N3O6. The minimum Gasteiger partial charge on any atom is -0.458 e. The molecule has 3 rings (SSSR count). The second-order valence-corrected chi connectivity index (χ2v) is 9.39. The summed E-state index contributed by atoms with van der Waals surface area (Å²) in [5.41, 5.74) is 7.00. The normalized spacial score (nSPS) is 20.3. The van der Waals surface area contributed by atoms with Crippen molar-refractivity contribution < 1.29 is 24.1 Å². The van der Waals surface area contributed by atoms with E-state index in [4.69, 9.17) is 19.9 Å². The van der Waals surface area contributed by atoms with Crippen molar-refractivity contribution >= 4 is 12.0 Å². The zero-order valence-corrected chi connectivity index (χ0v) is 21.3. The molecule has 1 aromatic carbocycles. The molecule has 2 aromatic rings. The standard InChI is InChI=1S/C27H37N3O6/c1-5-7-8-9-18-10-12-20(13-11-18)34-25-19(6-2)15-30(27(33)29-25)23-14-21(22(16-31)35-23)36-26(32)24(28)17(3)4/h6,10-13,15,17,21-24,31H,2,5,7-9,14,16,28H2,1,3-4H3. The van der Waals surface area contributed by atoms with Crippen LogP contribution in [0.15, 0.2) is 41.8 Å². The van der Waals surface area contributed by atoms with Gasteiger partial charge in [0.2, 0.25) is 5.88 Å². The molecule has 196 valence electrons. The highest BCUT2D eigenvalue weighted by molar-refractivity contribution is 5.76. The minimum absolute atomic E-state index is 0.102. The molecule has 36 heavy (non-hydrogen) atoms. The van der Waals surface area contributed by atoms with E-state index in [0.717, 1.165) is 12.8 Å². The van der Waals surface area contributed by atoms with E-state index in [-0.39, 0.29) is 24.8 Å². The molecule has 0 amide bonds. The largest absolute Gasteiger partial charge is 0.458 e. The maximum absolute atomic E-state index is 12.9. The quantitative estimate of drug-likeness (QED) is 0.335. The number of nitrogens with zero attached hydrogens (tertiary/aromatic N) is 2. The second-order valence-electron chi connectivity index (χ2n) is 9.39. The van der Waals surface area contributed by atoms with Gasteiger partial charge in [-0.2, -0.15) is 4.98 Å². The summed E-state index contributed by atoms with van der Waals surface area (Å²) in [6.07, 6.45) is 5.44. The summed E-state index contributed by atoms with van der Waals surface area (Å²) in [5.74, 6) is 0.0190. The zero-order chi connectivity index (χ0) is 26.2. The third-order valence-electron chi connectivity index (χ3n) is 6.30. The highest BCUT2D eigenvalue weighted by atomic mass is 16.6. The SMILES string of the molecule is C=Cc1cn(C2CC(OC(=O)C(N)C(C)C)C(CO)O2)c(=O)nc1Oc1ccc(CCCCC)cc1. The van der Waals surface area contributed by atoms with Gasteiger partial charge >= 0.3 is 11.7 Å². The summed E-state index contributed by atoms with van der Waals surface area (Å²) in [5, 5.41) is 9.73. The molecule has 3 N–H and O–H groups in total. The minimum atomic E-state index is -0.790. The van der Waals surface area contributed by atoms with Gasteiger partial charge in [0.15, 0.2) is 0 Å². The van der Waals surface area contributed by atoms with E-state index in [1.54, 1.807) is 6.20 Å². The molecule has 0 bridgehead atoms. The van der Waals surface area contributed by atoms with Crippen LogP contribution in [0.3, 0.4) is 0 Å². The van der Waals surface area contributed by atoms with E-state index < -0.39 is 36.1 Å². The summed E-state index contributed by atoms with van der Waals surface area (Å²) in [4.78, 5) is 29.3. The first-order chi connectivity index (χ1) is 17.3. The Bertz CT molecular complexity index is 1080. The summed E-state index contributed by atoms with van der Waals surface area (Å²) >= 11 is 0. The van der Waals surface area contributed by atoms with Crippen LogP contribution >= 0.6 is 0 Å². The van der Waals surface area contributed by atoms with Crippen LogP contribution in [0.2, 0.25) is 0 Å². The van der Waals surface area contributed by atoms with Crippen molar-refractivity contribution in [3.8, 4) is 11.6 Å². The van der Waals surface area contributed by atoms with Gasteiger partial charge in [0.25, 0.3) is 0 Å². The Morgan fingerprint density at radius 2 is 2.06 bits per heavy atom. The second kappa shape index (κ2) is 12.8. The van der Waals surface area contributed by atoms with Crippen molar-refractivity contribution in [2.45, 2.75) is 77.4 Å². The van der Waals surface area contributed by atoms with Crippen LogP contribution in [-0.4, -0.2) is 45.5 Å². The van der Waals surface area contributed by atoms with Gasteiger partial charge in [0.1, 0.15) is 30.2 Å². The maximum Gasteiger partial charge on any atom is 0.353 e. The Kier molecular flexibility index (Phi) is 9.81. The summed E-state index contributed by atoms with van der Waals surface area (Å²) in [6.45, 7) is 9.24. The average Bonchev–Trinajstić information content (AvgIpc) is 3.27. The van der Waals surface area contributed by atoms with E-state index >= 15 is 0 Å². The van der Waals surface area contributed by atoms with Crippen LogP contribution in [0.1, 0.15) is 63.8 Å². The lowest BCUT2D eigenvalue weighted by Gasteiger charge is -2.20. The fraction of sp³-hybridized carbons (Fsp3) is 0.519. The van der Waals surface area contributed by atoms with Crippen LogP contribution in [0.25, 0.3) is 6.08 Å². The summed E-state index contributed by atoms with van der Waals surface area (Å²) in [6, 6.07) is 6.94. The molecule has 1 saturated heterocycles. The Morgan fingerprint density at radius 3 is 2.67 bits per heavy atom. The number of aliphatic hydroxyl groups is 1. The van der Waals surface area contributed by atoms with Gasteiger partial charge in [-0.15, -0.1) is 0 Å². The van der Waals surface area contributed by atoms with Crippen molar-refractivity contribution in [2.75, 3.05) is 6.61 Å². The van der Waals surface area contributed by atoms with Crippen molar-refractivity contribution in [3.63, 3.8) is 0 Å². The average molecular weight is 500 g/mol. The Labute approximate surface area is 211 Å². The Morgan fingerprint density at radius 1 is 1.33 bits per heavy atom. The van der Waals surface area contributed by atoms with Crippen LogP contribution in [-0.2, 0) is 20.7 Å². The molecular weight excluding hydrogens is 462 g/mol. The monoisotopic (exact) mass is 499 g/mol. The number of benzene rings is 1. The molecule has 4 unspecified atom stereocenters.